The van der Waals surface area contributed by atoms with Crippen LogP contribution in [0, 0.1) is 0 Å². The summed E-state index contributed by atoms with van der Waals surface area (Å²) in [4.78, 5) is 19.2. The summed E-state index contributed by atoms with van der Waals surface area (Å²) in [5.74, 6) is 2.65. The molecule has 1 aromatic carbocycles. The van der Waals surface area contributed by atoms with E-state index in [-0.39, 0.29) is 11.9 Å². The first-order chi connectivity index (χ1) is 13.3. The number of nitrogens with zero attached hydrogens (tertiary/aromatic N) is 2. The number of likely N-dealkylation sites (tertiary alicyclic amines) is 1. The van der Waals surface area contributed by atoms with Gasteiger partial charge in [-0.15, -0.1) is 0 Å². The van der Waals surface area contributed by atoms with Crippen LogP contribution in [0.15, 0.2) is 48.8 Å². The predicted molar refractivity (Wildman–Crippen MR) is 112 cm³/mol. The van der Waals surface area contributed by atoms with E-state index in [1.165, 1.54) is 6.42 Å². The van der Waals surface area contributed by atoms with Crippen LogP contribution in [0.5, 0.6) is 11.5 Å². The van der Waals surface area contributed by atoms with Crippen LogP contribution in [0.2, 0.25) is 0 Å². The first kappa shape index (κ1) is 19.7. The number of rotatable bonds is 8. The first-order valence-electron chi connectivity index (χ1n) is 9.48. The highest BCUT2D eigenvalue weighted by atomic mass is 32.2. The van der Waals surface area contributed by atoms with E-state index in [2.05, 4.69) is 21.5 Å². The topological polar surface area (TPSA) is 54.5 Å². The Morgan fingerprint density at radius 3 is 2.85 bits per heavy atom. The largest absolute Gasteiger partial charge is 0.456 e. The van der Waals surface area contributed by atoms with Gasteiger partial charge in [0, 0.05) is 11.9 Å². The molecule has 3 rings (SSSR count). The Balaban J connectivity index is 1.56. The fourth-order valence-electron chi connectivity index (χ4n) is 3.34. The van der Waals surface area contributed by atoms with E-state index in [1.807, 2.05) is 48.2 Å². The van der Waals surface area contributed by atoms with E-state index >= 15 is 0 Å². The molecule has 0 saturated carbocycles. The summed E-state index contributed by atoms with van der Waals surface area (Å²) in [6.45, 7) is 2.02. The Kier molecular flexibility index (Phi) is 7.54. The van der Waals surface area contributed by atoms with E-state index in [1.54, 1.807) is 12.4 Å². The Morgan fingerprint density at radius 2 is 2.11 bits per heavy atom. The third-order valence-corrected chi connectivity index (χ3v) is 5.40. The van der Waals surface area contributed by atoms with Crippen LogP contribution in [-0.2, 0) is 4.79 Å². The number of nitrogens with one attached hydrogen (secondary N) is 1. The van der Waals surface area contributed by atoms with Gasteiger partial charge in [-0.25, -0.2) is 0 Å². The van der Waals surface area contributed by atoms with Crippen molar-refractivity contribution in [3.63, 3.8) is 0 Å². The van der Waals surface area contributed by atoms with Gasteiger partial charge in [0.15, 0.2) is 0 Å². The average Bonchev–Trinajstić information content (AvgIpc) is 2.71. The zero-order valence-corrected chi connectivity index (χ0v) is 16.6. The van der Waals surface area contributed by atoms with Crippen molar-refractivity contribution in [1.29, 1.82) is 0 Å². The molecule has 1 N–H and O–H groups in total. The fourth-order valence-corrected chi connectivity index (χ4v) is 3.76. The third kappa shape index (κ3) is 5.97. The average molecular weight is 386 g/mol. The quantitative estimate of drug-likeness (QED) is 0.682. The summed E-state index contributed by atoms with van der Waals surface area (Å²) in [6.07, 6.45) is 9.88. The molecule has 1 saturated heterocycles. The summed E-state index contributed by atoms with van der Waals surface area (Å²) in [6, 6.07) is 11.2. The molecule has 1 aliphatic heterocycles. The van der Waals surface area contributed by atoms with Crippen LogP contribution >= 0.6 is 11.8 Å². The molecule has 1 aromatic heterocycles. The minimum Gasteiger partial charge on any atom is -0.456 e. The van der Waals surface area contributed by atoms with Crippen LogP contribution in [0.4, 0.5) is 5.69 Å². The zero-order valence-electron chi connectivity index (χ0n) is 15.8. The number of carbonyl (C=O) groups excluding carboxylic acids is 1. The van der Waals surface area contributed by atoms with Crippen molar-refractivity contribution in [1.82, 2.24) is 9.88 Å². The molecule has 2 aromatic rings. The first-order valence-corrected chi connectivity index (χ1v) is 10.9. The van der Waals surface area contributed by atoms with Gasteiger partial charge in [-0.3, -0.25) is 14.7 Å². The van der Waals surface area contributed by atoms with Crippen molar-refractivity contribution in [2.45, 2.75) is 31.7 Å². The Bertz CT molecular complexity index is 709. The molecule has 0 radical (unpaired) electrons. The van der Waals surface area contributed by atoms with Crippen LogP contribution in [0.25, 0.3) is 0 Å². The standard InChI is InChI=1S/C21H27N3O2S/c1-27-15-5-14-24-13-3-2-7-20(24)21(25)23-17-8-10-18(11-9-17)26-19-6-4-12-22-16-19/h4,6,8-12,16,20H,2-3,5,7,13-15H2,1H3,(H,23,25)/t20-/m0/s1. The molecule has 1 amide bonds. The summed E-state index contributed by atoms with van der Waals surface area (Å²) in [7, 11) is 0. The van der Waals surface area contributed by atoms with E-state index in [4.69, 9.17) is 4.74 Å². The summed E-state index contributed by atoms with van der Waals surface area (Å²) >= 11 is 1.86. The Labute approximate surface area is 165 Å². The lowest BCUT2D eigenvalue weighted by atomic mass is 10.0. The zero-order chi connectivity index (χ0) is 18.9. The second-order valence-corrected chi connectivity index (χ2v) is 7.68. The number of amides is 1. The van der Waals surface area contributed by atoms with E-state index in [0.29, 0.717) is 5.75 Å². The minimum atomic E-state index is -0.0214. The van der Waals surface area contributed by atoms with Gasteiger partial charge >= 0.3 is 0 Å². The van der Waals surface area contributed by atoms with Crippen LogP contribution in [-0.4, -0.2) is 46.9 Å². The molecule has 0 aliphatic carbocycles. The molecule has 144 valence electrons. The van der Waals surface area contributed by atoms with Crippen molar-refractivity contribution in [2.24, 2.45) is 0 Å². The van der Waals surface area contributed by atoms with Gasteiger partial charge in [0.05, 0.1) is 12.2 Å². The summed E-state index contributed by atoms with van der Waals surface area (Å²) in [5.41, 5.74) is 0.799. The smallest absolute Gasteiger partial charge is 0.241 e. The second kappa shape index (κ2) is 10.3. The number of piperidine rings is 1. The molecular weight excluding hydrogens is 358 g/mol. The van der Waals surface area contributed by atoms with Gasteiger partial charge in [0.2, 0.25) is 5.91 Å². The maximum Gasteiger partial charge on any atom is 0.241 e. The molecule has 0 spiro atoms. The van der Waals surface area contributed by atoms with Crippen molar-refractivity contribution in [3.8, 4) is 11.5 Å². The van der Waals surface area contributed by atoms with Crippen molar-refractivity contribution >= 4 is 23.4 Å². The van der Waals surface area contributed by atoms with E-state index in [0.717, 1.165) is 49.5 Å². The number of hydrogen-bond acceptors (Lipinski definition) is 5. The van der Waals surface area contributed by atoms with Gasteiger partial charge in [0.1, 0.15) is 11.5 Å². The number of benzene rings is 1. The number of carbonyl (C=O) groups is 1. The van der Waals surface area contributed by atoms with E-state index in [9.17, 15) is 4.79 Å². The van der Waals surface area contributed by atoms with Gasteiger partial charge in [-0.2, -0.15) is 11.8 Å². The van der Waals surface area contributed by atoms with Crippen molar-refractivity contribution < 1.29 is 9.53 Å². The third-order valence-electron chi connectivity index (χ3n) is 4.70. The number of thioether (sulfide) groups is 1. The van der Waals surface area contributed by atoms with Crippen LogP contribution in [0.3, 0.4) is 0 Å². The number of anilines is 1. The normalized spacial score (nSPS) is 17.4. The predicted octanol–water partition coefficient (Wildman–Crippen LogP) is 4.42. The monoisotopic (exact) mass is 385 g/mol. The number of aromatic nitrogens is 1. The van der Waals surface area contributed by atoms with Crippen molar-refractivity contribution in [2.75, 3.05) is 30.4 Å². The maximum absolute atomic E-state index is 12.8. The Morgan fingerprint density at radius 1 is 1.26 bits per heavy atom. The molecule has 6 heteroatoms. The lowest BCUT2D eigenvalue weighted by molar-refractivity contribution is -0.122. The highest BCUT2D eigenvalue weighted by Gasteiger charge is 2.28. The van der Waals surface area contributed by atoms with Gasteiger partial charge < -0.3 is 10.1 Å². The lowest BCUT2D eigenvalue weighted by Gasteiger charge is -2.34. The number of hydrogen-bond donors (Lipinski definition) is 1. The number of pyridine rings is 1. The summed E-state index contributed by atoms with van der Waals surface area (Å²) < 4.78 is 5.74. The van der Waals surface area contributed by atoms with Crippen LogP contribution in [0.1, 0.15) is 25.7 Å². The molecule has 1 fully saturated rings. The summed E-state index contributed by atoms with van der Waals surface area (Å²) in [5, 5.41) is 3.07. The van der Waals surface area contributed by atoms with E-state index < -0.39 is 0 Å². The lowest BCUT2D eigenvalue weighted by Crippen LogP contribution is -2.47. The fraction of sp³-hybridized carbons (Fsp3) is 0.429. The SMILES string of the molecule is CSCCCN1CCCC[C@H]1C(=O)Nc1ccc(Oc2cccnc2)cc1. The highest BCUT2D eigenvalue weighted by molar-refractivity contribution is 7.98. The molecule has 27 heavy (non-hydrogen) atoms. The molecule has 1 atom stereocenters. The molecule has 1 aliphatic rings. The van der Waals surface area contributed by atoms with Gasteiger partial charge in [-0.1, -0.05) is 6.42 Å². The maximum atomic E-state index is 12.8. The number of ether oxygens (including phenoxy) is 1. The highest BCUT2D eigenvalue weighted by Crippen LogP contribution is 2.23. The molecule has 5 nitrogen and oxygen atoms in total. The molecular formula is C21H27N3O2S. The molecule has 2 heterocycles. The van der Waals surface area contributed by atoms with Gasteiger partial charge in [-0.05, 0) is 80.8 Å². The van der Waals surface area contributed by atoms with Gasteiger partial charge in [0.25, 0.3) is 0 Å². The second-order valence-electron chi connectivity index (χ2n) is 6.70. The molecule has 0 unspecified atom stereocenters. The van der Waals surface area contributed by atoms with Crippen LogP contribution < -0.4 is 10.1 Å². The van der Waals surface area contributed by atoms with Crippen molar-refractivity contribution in [3.05, 3.63) is 48.8 Å². The Hall–Kier alpha value is -2.05. The minimum absolute atomic E-state index is 0.0214. The molecule has 0 bridgehead atoms.